The summed E-state index contributed by atoms with van der Waals surface area (Å²) in [6, 6.07) is -2.62. The number of carboxylic acids is 1. The number of carbonyl (C=O) groups is 3. The fraction of sp³-hybridized carbons (Fsp3) is 0.852. The lowest BCUT2D eigenvalue weighted by Gasteiger charge is -2.50. The summed E-state index contributed by atoms with van der Waals surface area (Å²) in [5.74, 6) is -6.16. The van der Waals surface area contributed by atoms with Crippen molar-refractivity contribution in [3.8, 4) is 0 Å². The molecule has 488 valence electrons. The molecule has 0 bridgehead atoms. The van der Waals surface area contributed by atoms with Crippen LogP contribution < -0.4 is 10.6 Å². The second-order valence-corrected chi connectivity index (χ2v) is 22.9. The second kappa shape index (κ2) is 42.8. The number of unbranched alkanes of at least 4 members (excludes halogenated alkanes) is 21. The Kier molecular flexibility index (Phi) is 38.3. The lowest BCUT2D eigenvalue weighted by molar-refractivity contribution is -0.386. The number of hydrogen-bond donors (Lipinski definition) is 14. The standard InChI is InChI=1S/C61H108N2O21/c1-4-6-8-10-12-14-16-18-19-20-21-23-25-27-29-31-33-35-48(71)63-42(43(68)34-32-30-28-26-24-22-17-15-13-11-9-7-5-2)40-79-58-53(75)52(74)55(47(39-66)81-58)82-59-54(76)57(51(73)46(38-65)80-59)84-61(60(77)78)36-44(69)49(62-41(3)67)56(83-61)50(72)45(70)37-64/h12,14,18-19,32,34,42-47,49-59,64-66,68-70,72-76H,4-11,13,15-17,20-31,33,35-40H2,1-3H3,(H,62,67)(H,63,71)(H,77,78)/b14-12-,19-18-,34-32+. The van der Waals surface area contributed by atoms with E-state index in [1.165, 1.54) is 70.6 Å². The van der Waals surface area contributed by atoms with Crippen molar-refractivity contribution in [3.05, 3.63) is 36.5 Å². The molecule has 3 aliphatic rings. The first-order valence-electron chi connectivity index (χ1n) is 31.4. The number of rotatable bonds is 45. The average Bonchev–Trinajstić information content (AvgIpc) is 1.44. The second-order valence-electron chi connectivity index (χ2n) is 22.9. The maximum Gasteiger partial charge on any atom is 0.364 e. The molecule has 14 N–H and O–H groups in total. The Balaban J connectivity index is 1.66. The van der Waals surface area contributed by atoms with E-state index >= 15 is 0 Å². The number of aliphatic hydroxyl groups is 11. The lowest BCUT2D eigenvalue weighted by atomic mass is 9.88. The van der Waals surface area contributed by atoms with Gasteiger partial charge < -0.3 is 100 Å². The van der Waals surface area contributed by atoms with Gasteiger partial charge in [-0.2, -0.15) is 0 Å². The normalized spacial score (nSPS) is 30.0. The molecule has 0 aliphatic carbocycles. The minimum absolute atomic E-state index is 0.190. The molecule has 18 unspecified atom stereocenters. The summed E-state index contributed by atoms with van der Waals surface area (Å²) in [5, 5.41) is 135. The van der Waals surface area contributed by atoms with Gasteiger partial charge in [0.2, 0.25) is 11.8 Å². The van der Waals surface area contributed by atoms with Crippen LogP contribution >= 0.6 is 0 Å². The molecule has 3 saturated heterocycles. The van der Waals surface area contributed by atoms with E-state index in [1.807, 2.05) is 6.08 Å². The molecule has 0 spiro atoms. The highest BCUT2D eigenvalue weighted by Gasteiger charge is 2.60. The molecule has 3 rings (SSSR count). The van der Waals surface area contributed by atoms with Crippen LogP contribution in [0.5, 0.6) is 0 Å². The van der Waals surface area contributed by atoms with Crippen molar-refractivity contribution in [2.45, 2.75) is 304 Å². The van der Waals surface area contributed by atoms with E-state index in [0.717, 1.165) is 84.0 Å². The number of aliphatic hydroxyl groups excluding tert-OH is 11. The molecular weight excluding hydrogens is 1100 g/mol. The molecule has 23 nitrogen and oxygen atoms in total. The predicted octanol–water partition coefficient (Wildman–Crippen LogP) is 3.50. The summed E-state index contributed by atoms with van der Waals surface area (Å²) < 4.78 is 34.7. The first-order valence-corrected chi connectivity index (χ1v) is 31.4. The Hall–Kier alpha value is -3.05. The zero-order chi connectivity index (χ0) is 61.9. The van der Waals surface area contributed by atoms with Gasteiger partial charge in [0.25, 0.3) is 5.79 Å². The zero-order valence-corrected chi connectivity index (χ0v) is 50.2. The van der Waals surface area contributed by atoms with Gasteiger partial charge in [0.15, 0.2) is 12.6 Å². The number of amides is 2. The van der Waals surface area contributed by atoms with Gasteiger partial charge in [0.1, 0.15) is 67.1 Å². The SMILES string of the molecule is CCCCC/C=C\C/C=C\CCCCCCCCCC(=O)NC(COC1OC(CO)C(OC2OC(CO)C(O)C(OC3(C(=O)O)CC(O)C(NC(C)=O)C(C(O)C(O)CO)O3)C2O)C(O)C1O)C(O)/C=C/CCCCCCCCCCCCC. The number of nitrogens with one attached hydrogen (secondary N) is 2. The average molecular weight is 1210 g/mol. The van der Waals surface area contributed by atoms with Gasteiger partial charge in [0, 0.05) is 19.8 Å². The molecule has 18 atom stereocenters. The van der Waals surface area contributed by atoms with Crippen LogP contribution in [0, 0.1) is 0 Å². The fourth-order valence-corrected chi connectivity index (χ4v) is 10.7. The van der Waals surface area contributed by atoms with E-state index < -0.39 is 155 Å². The quantitative estimate of drug-likeness (QED) is 0.0306. The molecule has 3 fully saturated rings. The Morgan fingerprint density at radius 2 is 1.15 bits per heavy atom. The van der Waals surface area contributed by atoms with Crippen LogP contribution in [0.2, 0.25) is 0 Å². The van der Waals surface area contributed by atoms with Gasteiger partial charge in [-0.15, -0.1) is 0 Å². The number of carboxylic acid groups (broad SMARTS) is 1. The highest BCUT2D eigenvalue weighted by atomic mass is 16.8. The molecule has 84 heavy (non-hydrogen) atoms. The molecule has 2 amide bonds. The summed E-state index contributed by atoms with van der Waals surface area (Å²) in [6.45, 7) is 2.06. The molecule has 0 aromatic heterocycles. The van der Waals surface area contributed by atoms with Crippen molar-refractivity contribution in [2.75, 3.05) is 26.4 Å². The van der Waals surface area contributed by atoms with Crippen molar-refractivity contribution in [1.29, 1.82) is 0 Å². The number of hydrogen-bond acceptors (Lipinski definition) is 20. The van der Waals surface area contributed by atoms with Crippen LogP contribution in [0.15, 0.2) is 36.5 Å². The van der Waals surface area contributed by atoms with Crippen molar-refractivity contribution in [1.82, 2.24) is 10.6 Å². The molecular formula is C61H108N2O21. The molecule has 3 heterocycles. The smallest absolute Gasteiger partial charge is 0.364 e. The lowest BCUT2D eigenvalue weighted by Crippen LogP contribution is -2.70. The third kappa shape index (κ3) is 26.3. The van der Waals surface area contributed by atoms with Gasteiger partial charge in [-0.3, -0.25) is 9.59 Å². The summed E-state index contributed by atoms with van der Waals surface area (Å²) in [6.07, 6.45) is 10.6. The third-order valence-electron chi connectivity index (χ3n) is 15.8. The van der Waals surface area contributed by atoms with E-state index in [1.54, 1.807) is 6.08 Å². The molecule has 23 heteroatoms. The Morgan fingerprint density at radius 1 is 0.631 bits per heavy atom. The molecule has 0 saturated carbocycles. The summed E-state index contributed by atoms with van der Waals surface area (Å²) >= 11 is 0. The van der Waals surface area contributed by atoms with Gasteiger partial charge in [-0.1, -0.05) is 159 Å². The number of carbonyl (C=O) groups excluding carboxylic acids is 2. The highest BCUT2D eigenvalue weighted by Crippen LogP contribution is 2.38. The van der Waals surface area contributed by atoms with Crippen LogP contribution in [-0.2, 0) is 42.8 Å². The Bertz CT molecular complexity index is 1860. The summed E-state index contributed by atoms with van der Waals surface area (Å²) in [5.41, 5.74) is 0. The van der Waals surface area contributed by atoms with E-state index in [-0.39, 0.29) is 12.3 Å². The minimum Gasteiger partial charge on any atom is -0.477 e. The minimum atomic E-state index is -3.08. The maximum atomic E-state index is 13.4. The molecule has 0 radical (unpaired) electrons. The van der Waals surface area contributed by atoms with Crippen molar-refractivity contribution >= 4 is 17.8 Å². The third-order valence-corrected chi connectivity index (χ3v) is 15.8. The van der Waals surface area contributed by atoms with Gasteiger partial charge >= 0.3 is 5.97 Å². The monoisotopic (exact) mass is 1200 g/mol. The maximum absolute atomic E-state index is 13.4. The van der Waals surface area contributed by atoms with Crippen molar-refractivity contribution in [2.24, 2.45) is 0 Å². The van der Waals surface area contributed by atoms with Crippen LogP contribution in [0.1, 0.15) is 194 Å². The van der Waals surface area contributed by atoms with Crippen molar-refractivity contribution < 1.29 is 104 Å². The van der Waals surface area contributed by atoms with Crippen LogP contribution in [0.3, 0.4) is 0 Å². The molecule has 0 aromatic carbocycles. The molecule has 0 aromatic rings. The van der Waals surface area contributed by atoms with Crippen LogP contribution in [0.25, 0.3) is 0 Å². The van der Waals surface area contributed by atoms with Gasteiger partial charge in [-0.05, 0) is 51.4 Å². The Labute approximate surface area is 497 Å². The van der Waals surface area contributed by atoms with Gasteiger partial charge in [0.05, 0.1) is 50.7 Å². The van der Waals surface area contributed by atoms with E-state index in [4.69, 9.17) is 28.4 Å². The van der Waals surface area contributed by atoms with Crippen LogP contribution in [0.4, 0.5) is 0 Å². The number of aliphatic carboxylic acids is 1. The zero-order valence-electron chi connectivity index (χ0n) is 50.2. The van der Waals surface area contributed by atoms with E-state index in [9.17, 15) is 75.7 Å². The number of allylic oxidation sites excluding steroid dienone is 5. The van der Waals surface area contributed by atoms with E-state index in [0.29, 0.717) is 12.8 Å². The Morgan fingerprint density at radius 3 is 1.70 bits per heavy atom. The topological polar surface area (TPSA) is 373 Å². The largest absolute Gasteiger partial charge is 0.477 e. The summed E-state index contributed by atoms with van der Waals surface area (Å²) in [7, 11) is 0. The summed E-state index contributed by atoms with van der Waals surface area (Å²) in [4.78, 5) is 38.4. The first kappa shape index (κ1) is 75.2. The van der Waals surface area contributed by atoms with Crippen molar-refractivity contribution in [3.63, 3.8) is 0 Å². The molecule has 3 aliphatic heterocycles. The van der Waals surface area contributed by atoms with Crippen LogP contribution in [-0.4, -0.2) is 215 Å². The highest BCUT2D eigenvalue weighted by molar-refractivity contribution is 5.77. The first-order chi connectivity index (χ1) is 40.4. The number of ether oxygens (including phenoxy) is 6. The van der Waals surface area contributed by atoms with E-state index in [2.05, 4.69) is 48.8 Å². The van der Waals surface area contributed by atoms with Gasteiger partial charge in [-0.25, -0.2) is 4.79 Å². The predicted molar refractivity (Wildman–Crippen MR) is 311 cm³/mol. The fourth-order valence-electron chi connectivity index (χ4n) is 10.7.